The van der Waals surface area contributed by atoms with Crippen molar-refractivity contribution in [2.75, 3.05) is 0 Å². The smallest absolute Gasteiger partial charge is 0.120 e. The van der Waals surface area contributed by atoms with Gasteiger partial charge in [0.15, 0.2) is 0 Å². The van der Waals surface area contributed by atoms with Crippen LogP contribution in [0.2, 0.25) is 0 Å². The molecule has 0 fully saturated rings. The molecule has 0 radical (unpaired) electrons. The van der Waals surface area contributed by atoms with Crippen LogP contribution in [0.1, 0.15) is 19.4 Å². The van der Waals surface area contributed by atoms with Crippen molar-refractivity contribution in [1.82, 2.24) is 0 Å². The van der Waals surface area contributed by atoms with Gasteiger partial charge in [-0.15, -0.1) is 0 Å². The highest BCUT2D eigenvalue weighted by Gasteiger charge is 2.04. The highest BCUT2D eigenvalue weighted by atomic mass is 16.3. The van der Waals surface area contributed by atoms with Crippen LogP contribution in [0.3, 0.4) is 0 Å². The summed E-state index contributed by atoms with van der Waals surface area (Å²) in [5.41, 5.74) is 0.0274. The van der Waals surface area contributed by atoms with Crippen molar-refractivity contribution < 1.29 is 5.11 Å². The molecule has 1 N–H and O–H groups in total. The van der Waals surface area contributed by atoms with Crippen LogP contribution >= 0.6 is 0 Å². The summed E-state index contributed by atoms with van der Waals surface area (Å²) in [7, 11) is 0. The third kappa shape index (κ3) is 5.70. The molecule has 1 rings (SSSR count). The Morgan fingerprint density at radius 2 is 1.69 bits per heavy atom. The molecular weight excluding hydrogens is 196 g/mol. The van der Waals surface area contributed by atoms with Crippen molar-refractivity contribution in [2.45, 2.75) is 19.4 Å². The zero-order valence-electron chi connectivity index (χ0n) is 9.49. The molecule has 0 aliphatic heterocycles. The van der Waals surface area contributed by atoms with E-state index in [1.54, 1.807) is 26.0 Å². The lowest BCUT2D eigenvalue weighted by molar-refractivity contribution is 0.143. The predicted octanol–water partition coefficient (Wildman–Crippen LogP) is 2.37. The predicted molar refractivity (Wildman–Crippen MR) is 66.5 cm³/mol. The largest absolute Gasteiger partial charge is 0.378 e. The molecule has 0 unspecified atom stereocenters. The third-order valence-corrected chi connectivity index (χ3v) is 1.62. The highest BCUT2D eigenvalue weighted by molar-refractivity contribution is 5.37. The average Bonchev–Trinajstić information content (AvgIpc) is 2.23. The molecule has 0 atom stereocenters. The van der Waals surface area contributed by atoms with Crippen LogP contribution in [0, 0.1) is 23.7 Å². The second-order valence-corrected chi connectivity index (χ2v) is 3.80. The molecule has 1 aromatic carbocycles. The van der Waals surface area contributed by atoms with Crippen LogP contribution < -0.4 is 0 Å². The van der Waals surface area contributed by atoms with E-state index in [2.05, 4.69) is 23.7 Å². The SMILES string of the molecule is CC(C)(O)C#C/C=C\C#Cc1ccccc1. The minimum absolute atomic E-state index is 0.947. The van der Waals surface area contributed by atoms with Crippen LogP contribution in [-0.2, 0) is 0 Å². The Kier molecular flexibility index (Phi) is 4.40. The maximum atomic E-state index is 9.31. The number of aliphatic hydroxyl groups is 1. The molecule has 0 heterocycles. The Labute approximate surface area is 96.8 Å². The lowest BCUT2D eigenvalue weighted by atomic mass is 10.1. The molecular formula is C15H14O. The van der Waals surface area contributed by atoms with Gasteiger partial charge in [-0.25, -0.2) is 0 Å². The van der Waals surface area contributed by atoms with E-state index < -0.39 is 5.60 Å². The standard InChI is InChI=1S/C15H14O/c1-15(2,16)13-9-4-3-6-10-14-11-7-5-8-12-14/h3-5,7-8,11-12,16H,1-2H3/b4-3-. The van der Waals surface area contributed by atoms with Crippen molar-refractivity contribution in [3.63, 3.8) is 0 Å². The first kappa shape index (κ1) is 12.1. The topological polar surface area (TPSA) is 20.2 Å². The first-order valence-corrected chi connectivity index (χ1v) is 5.04. The van der Waals surface area contributed by atoms with Crippen LogP contribution in [0.4, 0.5) is 0 Å². The van der Waals surface area contributed by atoms with E-state index >= 15 is 0 Å². The van der Waals surface area contributed by atoms with Gasteiger partial charge in [-0.1, -0.05) is 41.9 Å². The molecule has 0 saturated carbocycles. The van der Waals surface area contributed by atoms with Gasteiger partial charge in [0, 0.05) is 5.56 Å². The number of hydrogen-bond donors (Lipinski definition) is 1. The monoisotopic (exact) mass is 210 g/mol. The van der Waals surface area contributed by atoms with E-state index in [-0.39, 0.29) is 0 Å². The summed E-state index contributed by atoms with van der Waals surface area (Å²) in [6.45, 7) is 3.28. The quantitative estimate of drug-likeness (QED) is 0.652. The first-order valence-electron chi connectivity index (χ1n) is 5.04. The maximum Gasteiger partial charge on any atom is 0.120 e. The summed E-state index contributed by atoms with van der Waals surface area (Å²) < 4.78 is 0. The summed E-state index contributed by atoms with van der Waals surface area (Å²) in [5.74, 6) is 11.2. The Morgan fingerprint density at radius 3 is 2.31 bits per heavy atom. The van der Waals surface area contributed by atoms with Gasteiger partial charge in [0.2, 0.25) is 0 Å². The second kappa shape index (κ2) is 5.81. The fourth-order valence-electron chi connectivity index (χ4n) is 0.948. The molecule has 16 heavy (non-hydrogen) atoms. The third-order valence-electron chi connectivity index (χ3n) is 1.62. The Bertz CT molecular complexity index is 467. The summed E-state index contributed by atoms with van der Waals surface area (Å²) in [5, 5.41) is 9.31. The van der Waals surface area contributed by atoms with Crippen LogP contribution in [0.15, 0.2) is 42.5 Å². The van der Waals surface area contributed by atoms with E-state index in [1.807, 2.05) is 30.3 Å². The van der Waals surface area contributed by atoms with Crippen LogP contribution in [0.5, 0.6) is 0 Å². The average molecular weight is 210 g/mol. The molecule has 80 valence electrons. The zero-order chi connectivity index (χ0) is 11.9. The Balaban J connectivity index is 2.55. The van der Waals surface area contributed by atoms with Gasteiger partial charge in [0.05, 0.1) is 0 Å². The molecule has 0 aromatic heterocycles. The molecule has 1 heteroatoms. The van der Waals surface area contributed by atoms with Crippen molar-refractivity contribution in [3.8, 4) is 23.7 Å². The molecule has 0 aliphatic rings. The van der Waals surface area contributed by atoms with Gasteiger partial charge in [-0.2, -0.15) is 0 Å². The number of benzene rings is 1. The van der Waals surface area contributed by atoms with Crippen LogP contribution in [0.25, 0.3) is 0 Å². The molecule has 0 bridgehead atoms. The van der Waals surface area contributed by atoms with E-state index in [0.717, 1.165) is 5.56 Å². The lowest BCUT2D eigenvalue weighted by Gasteiger charge is -2.04. The summed E-state index contributed by atoms with van der Waals surface area (Å²) in [4.78, 5) is 0. The normalized spacial score (nSPS) is 10.2. The Morgan fingerprint density at radius 1 is 1.06 bits per heavy atom. The van der Waals surface area contributed by atoms with Gasteiger partial charge in [-0.05, 0) is 38.1 Å². The molecule has 0 saturated heterocycles. The molecule has 0 amide bonds. The van der Waals surface area contributed by atoms with E-state index in [0.29, 0.717) is 0 Å². The van der Waals surface area contributed by atoms with Gasteiger partial charge in [-0.3, -0.25) is 0 Å². The number of hydrogen-bond acceptors (Lipinski definition) is 1. The molecule has 0 aliphatic carbocycles. The van der Waals surface area contributed by atoms with E-state index in [4.69, 9.17) is 0 Å². The fraction of sp³-hybridized carbons (Fsp3) is 0.200. The van der Waals surface area contributed by atoms with E-state index in [1.165, 1.54) is 0 Å². The molecule has 0 spiro atoms. The van der Waals surface area contributed by atoms with Gasteiger partial charge >= 0.3 is 0 Å². The summed E-state index contributed by atoms with van der Waals surface area (Å²) in [6, 6.07) is 9.74. The minimum atomic E-state index is -0.947. The van der Waals surface area contributed by atoms with Crippen molar-refractivity contribution in [2.24, 2.45) is 0 Å². The van der Waals surface area contributed by atoms with Gasteiger partial charge in [0.25, 0.3) is 0 Å². The summed E-state index contributed by atoms with van der Waals surface area (Å²) in [6.07, 6.45) is 3.31. The molecule has 1 nitrogen and oxygen atoms in total. The first-order chi connectivity index (χ1) is 7.58. The van der Waals surface area contributed by atoms with Crippen molar-refractivity contribution in [3.05, 3.63) is 48.0 Å². The van der Waals surface area contributed by atoms with Gasteiger partial charge in [0.1, 0.15) is 5.60 Å². The Hall–Kier alpha value is -1.96. The van der Waals surface area contributed by atoms with E-state index in [9.17, 15) is 5.11 Å². The second-order valence-electron chi connectivity index (χ2n) is 3.80. The summed E-state index contributed by atoms with van der Waals surface area (Å²) >= 11 is 0. The minimum Gasteiger partial charge on any atom is -0.378 e. The number of rotatable bonds is 0. The van der Waals surface area contributed by atoms with Crippen molar-refractivity contribution >= 4 is 0 Å². The fourth-order valence-corrected chi connectivity index (χ4v) is 0.948. The number of allylic oxidation sites excluding steroid dienone is 2. The van der Waals surface area contributed by atoms with Crippen LogP contribution in [-0.4, -0.2) is 10.7 Å². The van der Waals surface area contributed by atoms with Crippen molar-refractivity contribution in [1.29, 1.82) is 0 Å². The molecule has 1 aromatic rings. The highest BCUT2D eigenvalue weighted by Crippen LogP contribution is 1.96. The maximum absolute atomic E-state index is 9.31. The zero-order valence-corrected chi connectivity index (χ0v) is 9.49. The van der Waals surface area contributed by atoms with Gasteiger partial charge < -0.3 is 5.11 Å². The lowest BCUT2D eigenvalue weighted by Crippen LogP contribution is -2.14.